The number of hydrogen-bond acceptors (Lipinski definition) is 1. The number of aryl methyl sites for hydroxylation is 3. The maximum Gasteiger partial charge on any atom is 0.0554 e. The third-order valence-electron chi connectivity index (χ3n) is 4.33. The maximum atomic E-state index is 6.50. The summed E-state index contributed by atoms with van der Waals surface area (Å²) in [5.74, 6) is 0. The molecule has 0 aromatic heterocycles. The Balaban J connectivity index is 2.43. The normalized spacial score (nSPS) is 12.4. The minimum atomic E-state index is -0.0360. The van der Waals surface area contributed by atoms with Crippen molar-refractivity contribution in [2.75, 3.05) is 0 Å². The fraction of sp³-hybridized carbons (Fsp3) is 0.368. The quantitative estimate of drug-likeness (QED) is 0.868. The molecule has 1 nitrogen and oxygen atoms in total. The van der Waals surface area contributed by atoms with Gasteiger partial charge in [0.15, 0.2) is 0 Å². The van der Waals surface area contributed by atoms with E-state index < -0.39 is 0 Å². The van der Waals surface area contributed by atoms with Crippen LogP contribution in [0.4, 0.5) is 0 Å². The molecule has 1 heteroatoms. The molecular weight excluding hydrogens is 242 g/mol. The zero-order valence-corrected chi connectivity index (χ0v) is 13.0. The average molecular weight is 267 g/mol. The maximum absolute atomic E-state index is 6.50. The van der Waals surface area contributed by atoms with Crippen LogP contribution >= 0.6 is 0 Å². The van der Waals surface area contributed by atoms with Crippen LogP contribution in [0.15, 0.2) is 36.4 Å². The van der Waals surface area contributed by atoms with E-state index in [-0.39, 0.29) is 6.04 Å². The highest BCUT2D eigenvalue weighted by Crippen LogP contribution is 2.26. The third kappa shape index (κ3) is 2.78. The molecule has 1 unspecified atom stereocenters. The predicted molar refractivity (Wildman–Crippen MR) is 87.1 cm³/mol. The Hall–Kier alpha value is -1.60. The SMILES string of the molecule is CCc1ccc(C(N)c2cccc(C)c2C)cc1CC. The van der Waals surface area contributed by atoms with Crippen molar-refractivity contribution in [1.29, 1.82) is 0 Å². The van der Waals surface area contributed by atoms with Gasteiger partial charge in [-0.1, -0.05) is 50.2 Å². The summed E-state index contributed by atoms with van der Waals surface area (Å²) >= 11 is 0. The Morgan fingerprint density at radius 2 is 1.65 bits per heavy atom. The van der Waals surface area contributed by atoms with Crippen LogP contribution in [0.25, 0.3) is 0 Å². The molecule has 2 aromatic carbocycles. The number of rotatable bonds is 4. The van der Waals surface area contributed by atoms with Crippen LogP contribution in [-0.4, -0.2) is 0 Å². The molecule has 0 saturated carbocycles. The first kappa shape index (κ1) is 14.8. The van der Waals surface area contributed by atoms with Gasteiger partial charge >= 0.3 is 0 Å². The molecule has 0 spiro atoms. The summed E-state index contributed by atoms with van der Waals surface area (Å²) in [6.45, 7) is 8.72. The fourth-order valence-corrected chi connectivity index (χ4v) is 2.80. The standard InChI is InChI=1S/C19H25N/c1-5-15-10-11-17(12-16(15)6-2)19(20)18-9-7-8-13(3)14(18)4/h7-12,19H,5-6,20H2,1-4H3. The van der Waals surface area contributed by atoms with Gasteiger partial charge in [-0.2, -0.15) is 0 Å². The summed E-state index contributed by atoms with van der Waals surface area (Å²) in [4.78, 5) is 0. The molecule has 0 amide bonds. The van der Waals surface area contributed by atoms with Gasteiger partial charge in [0.05, 0.1) is 6.04 Å². The topological polar surface area (TPSA) is 26.0 Å². The van der Waals surface area contributed by atoms with E-state index in [0.717, 1.165) is 12.8 Å². The second-order valence-electron chi connectivity index (χ2n) is 5.50. The highest BCUT2D eigenvalue weighted by atomic mass is 14.6. The zero-order valence-electron chi connectivity index (χ0n) is 13.0. The van der Waals surface area contributed by atoms with Crippen LogP contribution in [0.1, 0.15) is 53.3 Å². The van der Waals surface area contributed by atoms with Crippen molar-refractivity contribution in [3.8, 4) is 0 Å². The lowest BCUT2D eigenvalue weighted by Gasteiger charge is -2.18. The molecule has 0 heterocycles. The zero-order chi connectivity index (χ0) is 14.7. The molecule has 0 saturated heterocycles. The summed E-state index contributed by atoms with van der Waals surface area (Å²) in [5.41, 5.74) is 14.4. The van der Waals surface area contributed by atoms with Crippen molar-refractivity contribution < 1.29 is 0 Å². The van der Waals surface area contributed by atoms with Gasteiger partial charge in [0.25, 0.3) is 0 Å². The highest BCUT2D eigenvalue weighted by molar-refractivity contribution is 5.42. The van der Waals surface area contributed by atoms with Crippen LogP contribution in [0.2, 0.25) is 0 Å². The average Bonchev–Trinajstić information content (AvgIpc) is 2.48. The predicted octanol–water partition coefficient (Wildman–Crippen LogP) is 4.48. The third-order valence-corrected chi connectivity index (χ3v) is 4.33. The summed E-state index contributed by atoms with van der Waals surface area (Å²) in [6.07, 6.45) is 2.15. The molecule has 0 aliphatic heterocycles. The van der Waals surface area contributed by atoms with Gasteiger partial charge in [0.1, 0.15) is 0 Å². The molecular formula is C19H25N. The summed E-state index contributed by atoms with van der Waals surface area (Å²) in [7, 11) is 0. The van der Waals surface area contributed by atoms with Gasteiger partial charge < -0.3 is 5.73 Å². The van der Waals surface area contributed by atoms with Gasteiger partial charge in [-0.15, -0.1) is 0 Å². The van der Waals surface area contributed by atoms with Gasteiger partial charge in [-0.05, 0) is 60.1 Å². The van der Waals surface area contributed by atoms with Gasteiger partial charge in [0, 0.05) is 0 Å². The molecule has 2 rings (SSSR count). The summed E-state index contributed by atoms with van der Waals surface area (Å²) in [5, 5.41) is 0. The highest BCUT2D eigenvalue weighted by Gasteiger charge is 2.13. The number of hydrogen-bond donors (Lipinski definition) is 1. The molecule has 1 atom stereocenters. The molecule has 0 aliphatic rings. The van der Waals surface area contributed by atoms with E-state index >= 15 is 0 Å². The van der Waals surface area contributed by atoms with Crippen molar-refractivity contribution in [2.45, 2.75) is 46.6 Å². The van der Waals surface area contributed by atoms with E-state index in [0.29, 0.717) is 0 Å². The molecule has 0 bridgehead atoms. The second kappa shape index (κ2) is 6.23. The summed E-state index contributed by atoms with van der Waals surface area (Å²) in [6, 6.07) is 13.1. The molecule has 0 fully saturated rings. The Kier molecular flexibility index (Phi) is 4.61. The second-order valence-corrected chi connectivity index (χ2v) is 5.50. The van der Waals surface area contributed by atoms with Crippen molar-refractivity contribution >= 4 is 0 Å². The van der Waals surface area contributed by atoms with Gasteiger partial charge in [0.2, 0.25) is 0 Å². The largest absolute Gasteiger partial charge is 0.320 e. The Morgan fingerprint density at radius 1 is 0.950 bits per heavy atom. The van der Waals surface area contributed by atoms with Crippen LogP contribution in [-0.2, 0) is 12.8 Å². The minimum Gasteiger partial charge on any atom is -0.320 e. The lowest BCUT2D eigenvalue weighted by atomic mass is 9.90. The van der Waals surface area contributed by atoms with Crippen molar-refractivity contribution in [3.63, 3.8) is 0 Å². The van der Waals surface area contributed by atoms with E-state index in [1.807, 2.05) is 0 Å². The molecule has 2 N–H and O–H groups in total. The molecule has 106 valence electrons. The number of benzene rings is 2. The number of nitrogens with two attached hydrogens (primary N) is 1. The van der Waals surface area contributed by atoms with E-state index in [9.17, 15) is 0 Å². The van der Waals surface area contributed by atoms with Crippen LogP contribution in [0.3, 0.4) is 0 Å². The lowest BCUT2D eigenvalue weighted by molar-refractivity contribution is 0.852. The molecule has 20 heavy (non-hydrogen) atoms. The molecule has 0 radical (unpaired) electrons. The Morgan fingerprint density at radius 3 is 2.30 bits per heavy atom. The van der Waals surface area contributed by atoms with E-state index in [1.165, 1.54) is 33.4 Å². The molecule has 0 aliphatic carbocycles. The smallest absolute Gasteiger partial charge is 0.0554 e. The first-order valence-electron chi connectivity index (χ1n) is 7.51. The Labute approximate surface area is 122 Å². The lowest BCUT2D eigenvalue weighted by Crippen LogP contribution is -2.14. The van der Waals surface area contributed by atoms with Gasteiger partial charge in [-0.3, -0.25) is 0 Å². The molecule has 2 aromatic rings. The fourth-order valence-electron chi connectivity index (χ4n) is 2.80. The first-order chi connectivity index (χ1) is 9.58. The van der Waals surface area contributed by atoms with Crippen LogP contribution in [0, 0.1) is 13.8 Å². The van der Waals surface area contributed by atoms with Crippen LogP contribution < -0.4 is 5.73 Å². The minimum absolute atomic E-state index is 0.0360. The van der Waals surface area contributed by atoms with Crippen LogP contribution in [0.5, 0.6) is 0 Å². The van der Waals surface area contributed by atoms with Crippen molar-refractivity contribution in [3.05, 3.63) is 69.8 Å². The van der Waals surface area contributed by atoms with Crippen molar-refractivity contribution in [2.24, 2.45) is 5.73 Å². The van der Waals surface area contributed by atoms with Gasteiger partial charge in [-0.25, -0.2) is 0 Å². The van der Waals surface area contributed by atoms with E-state index in [1.54, 1.807) is 0 Å². The van der Waals surface area contributed by atoms with E-state index in [2.05, 4.69) is 64.1 Å². The first-order valence-corrected chi connectivity index (χ1v) is 7.51. The summed E-state index contributed by atoms with van der Waals surface area (Å²) < 4.78 is 0. The van der Waals surface area contributed by atoms with E-state index in [4.69, 9.17) is 5.73 Å². The Bertz CT molecular complexity index is 599. The van der Waals surface area contributed by atoms with Crippen molar-refractivity contribution in [1.82, 2.24) is 0 Å². The monoisotopic (exact) mass is 267 g/mol.